The summed E-state index contributed by atoms with van der Waals surface area (Å²) in [4.78, 5) is 23.4. The Hall–Kier alpha value is -2.12. The van der Waals surface area contributed by atoms with Gasteiger partial charge in [0.15, 0.2) is 0 Å². The van der Waals surface area contributed by atoms with E-state index in [1.165, 1.54) is 0 Å². The molecule has 2 heterocycles. The lowest BCUT2D eigenvalue weighted by molar-refractivity contribution is -0.139. The van der Waals surface area contributed by atoms with Gasteiger partial charge in [-0.1, -0.05) is 26.0 Å². The van der Waals surface area contributed by atoms with Gasteiger partial charge >= 0.3 is 11.8 Å². The van der Waals surface area contributed by atoms with Crippen LogP contribution in [-0.2, 0) is 20.7 Å². The molecule has 4 N–H and O–H groups in total. The highest BCUT2D eigenvalue weighted by Gasteiger charge is 2.36. The summed E-state index contributed by atoms with van der Waals surface area (Å²) in [6, 6.07) is 6.09. The molecule has 1 fully saturated rings. The SMILES string of the molecule is CC(C)CNC(=O)C(=O)NCCc1ccc2c(c1)[C@@H]1C[C@H](N2)[C@H](O)CO1. The van der Waals surface area contributed by atoms with Gasteiger partial charge in [-0.3, -0.25) is 9.59 Å². The van der Waals surface area contributed by atoms with Crippen molar-refractivity contribution in [3.05, 3.63) is 29.3 Å². The van der Waals surface area contributed by atoms with E-state index in [9.17, 15) is 14.7 Å². The molecule has 2 aliphatic rings. The molecule has 0 unspecified atom stereocenters. The summed E-state index contributed by atoms with van der Waals surface area (Å²) in [5.41, 5.74) is 3.15. The molecule has 3 rings (SSSR count). The zero-order valence-corrected chi connectivity index (χ0v) is 15.2. The first kappa shape index (κ1) is 18.7. The maximum Gasteiger partial charge on any atom is 0.309 e. The number of nitrogens with one attached hydrogen (secondary N) is 3. The largest absolute Gasteiger partial charge is 0.389 e. The second-order valence-corrected chi connectivity index (χ2v) is 7.41. The molecule has 7 nitrogen and oxygen atoms in total. The summed E-state index contributed by atoms with van der Waals surface area (Å²) in [5.74, 6) is -0.884. The number of fused-ring (bicyclic) bond motifs is 4. The Labute approximate surface area is 153 Å². The third kappa shape index (κ3) is 4.34. The lowest BCUT2D eigenvalue weighted by atomic mass is 9.89. The van der Waals surface area contributed by atoms with Crippen molar-refractivity contribution in [2.24, 2.45) is 5.92 Å². The van der Waals surface area contributed by atoms with Gasteiger partial charge in [-0.2, -0.15) is 0 Å². The molecular weight excluding hydrogens is 334 g/mol. The van der Waals surface area contributed by atoms with E-state index in [2.05, 4.69) is 22.0 Å². The van der Waals surface area contributed by atoms with Crippen LogP contribution >= 0.6 is 0 Å². The molecule has 1 aromatic carbocycles. The van der Waals surface area contributed by atoms with Gasteiger partial charge in [-0.15, -0.1) is 0 Å². The zero-order chi connectivity index (χ0) is 18.7. The lowest BCUT2D eigenvalue weighted by Gasteiger charge is -2.40. The normalized spacial score (nSPS) is 23.8. The van der Waals surface area contributed by atoms with Crippen LogP contribution in [0.25, 0.3) is 0 Å². The number of carbonyl (C=O) groups excluding carboxylic acids is 2. The van der Waals surface area contributed by atoms with Crippen molar-refractivity contribution < 1.29 is 19.4 Å². The molecule has 2 amide bonds. The van der Waals surface area contributed by atoms with Crippen molar-refractivity contribution in [3.8, 4) is 0 Å². The summed E-state index contributed by atoms with van der Waals surface area (Å²) in [7, 11) is 0. The average molecular weight is 361 g/mol. The predicted molar refractivity (Wildman–Crippen MR) is 97.7 cm³/mol. The minimum Gasteiger partial charge on any atom is -0.389 e. The summed E-state index contributed by atoms with van der Waals surface area (Å²) in [6.45, 7) is 5.17. The quantitative estimate of drug-likeness (QED) is 0.580. The van der Waals surface area contributed by atoms with Crippen molar-refractivity contribution in [1.29, 1.82) is 0 Å². The Morgan fingerprint density at radius 3 is 2.85 bits per heavy atom. The van der Waals surface area contributed by atoms with Gasteiger partial charge in [0.05, 0.1) is 24.9 Å². The molecule has 1 saturated heterocycles. The first-order chi connectivity index (χ1) is 12.4. The molecule has 1 aromatic rings. The predicted octanol–water partition coefficient (Wildman–Crippen LogP) is 0.734. The Morgan fingerprint density at radius 1 is 1.31 bits per heavy atom. The van der Waals surface area contributed by atoms with Gasteiger partial charge in [0.25, 0.3) is 0 Å². The van der Waals surface area contributed by atoms with Crippen molar-refractivity contribution in [2.75, 3.05) is 25.0 Å². The monoisotopic (exact) mass is 361 g/mol. The van der Waals surface area contributed by atoms with E-state index in [-0.39, 0.29) is 12.1 Å². The molecule has 0 aromatic heterocycles. The number of carbonyl (C=O) groups is 2. The number of aliphatic hydroxyl groups excluding tert-OH is 1. The minimum absolute atomic E-state index is 0.00370. The van der Waals surface area contributed by atoms with Crippen molar-refractivity contribution in [2.45, 2.75) is 44.9 Å². The summed E-state index contributed by atoms with van der Waals surface area (Å²) >= 11 is 0. The van der Waals surface area contributed by atoms with Crippen LogP contribution in [0.4, 0.5) is 5.69 Å². The van der Waals surface area contributed by atoms with Crippen LogP contribution in [0.1, 0.15) is 37.5 Å². The van der Waals surface area contributed by atoms with Gasteiger partial charge in [0, 0.05) is 30.8 Å². The fraction of sp³-hybridized carbons (Fsp3) is 0.579. The number of hydrogen-bond donors (Lipinski definition) is 4. The Kier molecular flexibility index (Phi) is 5.78. The topological polar surface area (TPSA) is 99.7 Å². The number of hydrogen-bond acceptors (Lipinski definition) is 5. The second-order valence-electron chi connectivity index (χ2n) is 7.41. The molecule has 26 heavy (non-hydrogen) atoms. The average Bonchev–Trinajstić information content (AvgIpc) is 2.62. The smallest absolute Gasteiger partial charge is 0.309 e. The first-order valence-electron chi connectivity index (χ1n) is 9.19. The highest BCUT2D eigenvalue weighted by Crippen LogP contribution is 2.39. The molecule has 0 spiro atoms. The zero-order valence-electron chi connectivity index (χ0n) is 15.2. The number of amides is 2. The maximum atomic E-state index is 11.8. The third-order valence-electron chi connectivity index (χ3n) is 4.78. The maximum absolute atomic E-state index is 11.8. The van der Waals surface area contributed by atoms with E-state index >= 15 is 0 Å². The first-order valence-corrected chi connectivity index (χ1v) is 9.19. The van der Waals surface area contributed by atoms with Crippen LogP contribution in [0.15, 0.2) is 18.2 Å². The fourth-order valence-corrected chi connectivity index (χ4v) is 3.30. The standard InChI is InChI=1S/C19H27N3O4/c1-11(2)9-21-19(25)18(24)20-6-5-12-3-4-14-13(7-12)17-8-15(22-14)16(23)10-26-17/h3-4,7,11,15-17,22-23H,5-6,8-10H2,1-2H3,(H,20,24)(H,21,25)/t15-,16+,17-/m0/s1. The molecule has 0 saturated carbocycles. The second kappa shape index (κ2) is 8.05. The summed E-state index contributed by atoms with van der Waals surface area (Å²) < 4.78 is 5.75. The van der Waals surface area contributed by atoms with Gasteiger partial charge < -0.3 is 25.8 Å². The van der Waals surface area contributed by atoms with Gasteiger partial charge in [-0.25, -0.2) is 0 Å². The number of aliphatic hydroxyl groups is 1. The highest BCUT2D eigenvalue weighted by atomic mass is 16.5. The van der Waals surface area contributed by atoms with Crippen molar-refractivity contribution in [3.63, 3.8) is 0 Å². The molecule has 3 atom stereocenters. The lowest BCUT2D eigenvalue weighted by Crippen LogP contribution is -2.46. The van der Waals surface area contributed by atoms with Crippen LogP contribution in [0.2, 0.25) is 0 Å². The van der Waals surface area contributed by atoms with E-state index < -0.39 is 17.9 Å². The third-order valence-corrected chi connectivity index (χ3v) is 4.78. The van der Waals surface area contributed by atoms with Crippen LogP contribution in [0.3, 0.4) is 0 Å². The van der Waals surface area contributed by atoms with E-state index in [0.29, 0.717) is 32.0 Å². The van der Waals surface area contributed by atoms with Crippen molar-refractivity contribution in [1.82, 2.24) is 10.6 Å². The molecule has 142 valence electrons. The van der Waals surface area contributed by atoms with E-state index in [4.69, 9.17) is 4.74 Å². The van der Waals surface area contributed by atoms with E-state index in [0.717, 1.165) is 23.2 Å². The highest BCUT2D eigenvalue weighted by molar-refractivity contribution is 6.35. The molecule has 0 aliphatic carbocycles. The van der Waals surface area contributed by atoms with E-state index in [1.807, 2.05) is 26.0 Å². The number of benzene rings is 1. The van der Waals surface area contributed by atoms with E-state index in [1.54, 1.807) is 0 Å². The van der Waals surface area contributed by atoms with Crippen LogP contribution in [-0.4, -0.2) is 48.8 Å². The van der Waals surface area contributed by atoms with Crippen LogP contribution in [0, 0.1) is 5.92 Å². The molecule has 7 heteroatoms. The summed E-state index contributed by atoms with van der Waals surface area (Å²) in [5, 5.41) is 18.5. The minimum atomic E-state index is -0.599. The van der Waals surface area contributed by atoms with Crippen LogP contribution in [0.5, 0.6) is 0 Å². The van der Waals surface area contributed by atoms with Gasteiger partial charge in [0.1, 0.15) is 0 Å². The fourth-order valence-electron chi connectivity index (χ4n) is 3.30. The van der Waals surface area contributed by atoms with Crippen molar-refractivity contribution >= 4 is 17.5 Å². The Balaban J connectivity index is 1.52. The molecule has 2 bridgehead atoms. The summed E-state index contributed by atoms with van der Waals surface area (Å²) in [6.07, 6.45) is 0.909. The number of anilines is 1. The molecule has 2 aliphatic heterocycles. The molecule has 0 radical (unpaired) electrons. The van der Waals surface area contributed by atoms with Gasteiger partial charge in [0.2, 0.25) is 0 Å². The number of ether oxygens (including phenoxy) is 1. The van der Waals surface area contributed by atoms with Gasteiger partial charge in [-0.05, 0) is 24.0 Å². The Bertz CT molecular complexity index is 677. The number of rotatable bonds is 5. The van der Waals surface area contributed by atoms with Crippen LogP contribution < -0.4 is 16.0 Å². The molecular formula is C19H27N3O4. The Morgan fingerprint density at radius 2 is 2.08 bits per heavy atom.